The van der Waals surface area contributed by atoms with Gasteiger partial charge in [0, 0.05) is 17.3 Å². The first-order valence-corrected chi connectivity index (χ1v) is 7.75. The van der Waals surface area contributed by atoms with Crippen LogP contribution in [0.15, 0.2) is 30.6 Å². The van der Waals surface area contributed by atoms with Gasteiger partial charge in [-0.2, -0.15) is 0 Å². The third kappa shape index (κ3) is 2.82. The summed E-state index contributed by atoms with van der Waals surface area (Å²) in [5.41, 5.74) is 2.45. The van der Waals surface area contributed by atoms with Crippen LogP contribution in [0, 0.1) is 18.7 Å². The van der Waals surface area contributed by atoms with Crippen LogP contribution in [0.1, 0.15) is 18.4 Å². The Morgan fingerprint density at radius 3 is 2.78 bits per heavy atom. The predicted molar refractivity (Wildman–Crippen MR) is 84.2 cm³/mol. The number of rotatable bonds is 3. The minimum Gasteiger partial charge on any atom is -0.325 e. The van der Waals surface area contributed by atoms with Crippen LogP contribution in [-0.4, -0.2) is 28.0 Å². The summed E-state index contributed by atoms with van der Waals surface area (Å²) in [6, 6.07) is 6.01. The Bertz CT molecular complexity index is 752. The van der Waals surface area contributed by atoms with E-state index in [-0.39, 0.29) is 11.9 Å². The van der Waals surface area contributed by atoms with Crippen LogP contribution in [0.3, 0.4) is 0 Å². The first-order valence-electron chi connectivity index (χ1n) is 7.75. The molecule has 5 nitrogen and oxygen atoms in total. The molecule has 2 heterocycles. The van der Waals surface area contributed by atoms with Gasteiger partial charge in [-0.15, -0.1) is 0 Å². The number of amides is 1. The quantitative estimate of drug-likeness (QED) is 0.912. The number of carbonyl (C=O) groups is 1. The maximum Gasteiger partial charge on any atom is 0.241 e. The highest BCUT2D eigenvalue weighted by atomic mass is 19.1. The van der Waals surface area contributed by atoms with Crippen molar-refractivity contribution in [2.24, 2.45) is 5.92 Å². The van der Waals surface area contributed by atoms with E-state index in [1.54, 1.807) is 0 Å². The largest absolute Gasteiger partial charge is 0.325 e. The summed E-state index contributed by atoms with van der Waals surface area (Å²) in [5.74, 6) is 0.640. The van der Waals surface area contributed by atoms with Gasteiger partial charge in [-0.05, 0) is 43.4 Å². The summed E-state index contributed by atoms with van der Waals surface area (Å²) in [6.45, 7) is 1.93. The highest BCUT2D eigenvalue weighted by Gasteiger charge is 2.47. The summed E-state index contributed by atoms with van der Waals surface area (Å²) < 4.78 is 13.0. The second kappa shape index (κ2) is 5.38. The fourth-order valence-corrected chi connectivity index (χ4v) is 3.15. The molecule has 6 heteroatoms. The molecular formula is C17H17FN4O. The molecule has 0 unspecified atom stereocenters. The summed E-state index contributed by atoms with van der Waals surface area (Å²) >= 11 is 0. The fraction of sp³-hybridized carbons (Fsp3) is 0.353. The maximum absolute atomic E-state index is 13.0. The fourth-order valence-electron chi connectivity index (χ4n) is 3.15. The standard InChI is InChI=1S/C17H17FN4O/c1-9-2-3-12(6-13(9)16-19-7-11(18)8-20-16)21-17(23)15-5-10-4-14(10)22-15/h2-3,6-8,10,14-15,22H,4-5H2,1H3,(H,21,23)/t10-,14-,15+/m0/s1. The third-order valence-electron chi connectivity index (χ3n) is 4.56. The molecule has 1 amide bonds. The zero-order valence-electron chi connectivity index (χ0n) is 12.7. The molecule has 0 spiro atoms. The normalized spacial score (nSPS) is 25.0. The van der Waals surface area contributed by atoms with E-state index in [1.807, 2.05) is 25.1 Å². The molecule has 2 N–H and O–H groups in total. The van der Waals surface area contributed by atoms with E-state index in [1.165, 1.54) is 6.42 Å². The van der Waals surface area contributed by atoms with Gasteiger partial charge in [0.1, 0.15) is 0 Å². The average molecular weight is 312 g/mol. The van der Waals surface area contributed by atoms with Crippen LogP contribution in [0.25, 0.3) is 11.4 Å². The van der Waals surface area contributed by atoms with Crippen LogP contribution in [0.2, 0.25) is 0 Å². The van der Waals surface area contributed by atoms with Gasteiger partial charge in [0.15, 0.2) is 11.6 Å². The van der Waals surface area contributed by atoms with Crippen LogP contribution in [0.5, 0.6) is 0 Å². The number of nitrogens with one attached hydrogen (secondary N) is 2. The third-order valence-corrected chi connectivity index (χ3v) is 4.56. The SMILES string of the molecule is Cc1ccc(NC(=O)[C@H]2C[C@@H]3C[C@@H]3N2)cc1-c1ncc(F)cn1. The lowest BCUT2D eigenvalue weighted by atomic mass is 10.1. The van der Waals surface area contributed by atoms with Gasteiger partial charge in [-0.25, -0.2) is 14.4 Å². The molecular weight excluding hydrogens is 295 g/mol. The molecule has 2 aromatic rings. The number of benzene rings is 1. The Balaban J connectivity index is 1.54. The first kappa shape index (κ1) is 14.3. The lowest BCUT2D eigenvalue weighted by Crippen LogP contribution is -2.37. The van der Waals surface area contributed by atoms with Crippen LogP contribution in [-0.2, 0) is 4.79 Å². The van der Waals surface area contributed by atoms with Crippen LogP contribution in [0.4, 0.5) is 10.1 Å². The summed E-state index contributed by atoms with van der Waals surface area (Å²) in [6.07, 6.45) is 4.39. The second-order valence-corrected chi connectivity index (χ2v) is 6.30. The Labute approximate surface area is 133 Å². The molecule has 1 aliphatic heterocycles. The van der Waals surface area contributed by atoms with Gasteiger partial charge in [-0.1, -0.05) is 6.07 Å². The van der Waals surface area contributed by atoms with Crippen molar-refractivity contribution in [1.29, 1.82) is 0 Å². The predicted octanol–water partition coefficient (Wildman–Crippen LogP) is 2.28. The van der Waals surface area contributed by atoms with Crippen molar-refractivity contribution in [3.63, 3.8) is 0 Å². The molecule has 118 valence electrons. The summed E-state index contributed by atoms with van der Waals surface area (Å²) in [7, 11) is 0. The lowest BCUT2D eigenvalue weighted by Gasteiger charge is -2.14. The molecule has 3 atom stereocenters. The van der Waals surface area contributed by atoms with Crippen molar-refractivity contribution in [1.82, 2.24) is 15.3 Å². The first-order chi connectivity index (χ1) is 11.1. The van der Waals surface area contributed by atoms with Gasteiger partial charge in [-0.3, -0.25) is 4.79 Å². The Morgan fingerprint density at radius 1 is 1.30 bits per heavy atom. The lowest BCUT2D eigenvalue weighted by molar-refractivity contribution is -0.118. The number of fused-ring (bicyclic) bond motifs is 1. The van der Waals surface area contributed by atoms with Crippen molar-refractivity contribution >= 4 is 11.6 Å². The molecule has 4 rings (SSSR count). The second-order valence-electron chi connectivity index (χ2n) is 6.30. The number of piperidine rings is 1. The smallest absolute Gasteiger partial charge is 0.241 e. The molecule has 0 bridgehead atoms. The molecule has 0 radical (unpaired) electrons. The van der Waals surface area contributed by atoms with Crippen molar-refractivity contribution < 1.29 is 9.18 Å². The number of carbonyl (C=O) groups excluding carboxylic acids is 1. The number of halogens is 1. The zero-order chi connectivity index (χ0) is 16.0. The minimum atomic E-state index is -0.471. The topological polar surface area (TPSA) is 66.9 Å². The van der Waals surface area contributed by atoms with E-state index in [0.29, 0.717) is 23.5 Å². The van der Waals surface area contributed by atoms with Crippen molar-refractivity contribution in [3.05, 3.63) is 42.0 Å². The molecule has 1 saturated carbocycles. The summed E-state index contributed by atoms with van der Waals surface area (Å²) in [4.78, 5) is 20.3. The van der Waals surface area contributed by atoms with Gasteiger partial charge in [0.05, 0.1) is 18.4 Å². The molecule has 2 fully saturated rings. The molecule has 1 aliphatic carbocycles. The summed E-state index contributed by atoms with van der Waals surface area (Å²) in [5, 5.41) is 6.28. The van der Waals surface area contributed by atoms with Crippen molar-refractivity contribution in [2.45, 2.75) is 31.8 Å². The monoisotopic (exact) mass is 312 g/mol. The van der Waals surface area contributed by atoms with Crippen molar-refractivity contribution in [2.75, 3.05) is 5.32 Å². The zero-order valence-corrected chi connectivity index (χ0v) is 12.7. The molecule has 1 aromatic heterocycles. The van der Waals surface area contributed by atoms with Crippen molar-refractivity contribution in [3.8, 4) is 11.4 Å². The van der Waals surface area contributed by atoms with E-state index < -0.39 is 5.82 Å². The van der Waals surface area contributed by atoms with E-state index in [4.69, 9.17) is 0 Å². The number of hydrogen-bond donors (Lipinski definition) is 2. The number of anilines is 1. The molecule has 1 saturated heterocycles. The molecule has 2 aliphatic rings. The van der Waals surface area contributed by atoms with E-state index in [0.717, 1.165) is 29.9 Å². The Morgan fingerprint density at radius 2 is 2.09 bits per heavy atom. The number of aryl methyl sites for hydroxylation is 1. The highest BCUT2D eigenvalue weighted by molar-refractivity contribution is 5.95. The molecule has 23 heavy (non-hydrogen) atoms. The average Bonchev–Trinajstić information content (AvgIpc) is 3.16. The Hall–Kier alpha value is -2.34. The number of aromatic nitrogens is 2. The van der Waals surface area contributed by atoms with Crippen LogP contribution < -0.4 is 10.6 Å². The maximum atomic E-state index is 13.0. The highest BCUT2D eigenvalue weighted by Crippen LogP contribution is 2.40. The minimum absolute atomic E-state index is 0.00738. The molecule has 1 aromatic carbocycles. The van der Waals surface area contributed by atoms with E-state index in [9.17, 15) is 9.18 Å². The van der Waals surface area contributed by atoms with Gasteiger partial charge >= 0.3 is 0 Å². The van der Waals surface area contributed by atoms with Gasteiger partial charge in [0.25, 0.3) is 0 Å². The number of hydrogen-bond acceptors (Lipinski definition) is 4. The van der Waals surface area contributed by atoms with E-state index in [2.05, 4.69) is 20.6 Å². The van der Waals surface area contributed by atoms with Crippen LogP contribution >= 0.6 is 0 Å². The van der Waals surface area contributed by atoms with E-state index >= 15 is 0 Å². The Kier molecular flexibility index (Phi) is 3.34. The van der Waals surface area contributed by atoms with Gasteiger partial charge < -0.3 is 10.6 Å². The number of nitrogens with zero attached hydrogens (tertiary/aromatic N) is 2. The van der Waals surface area contributed by atoms with Gasteiger partial charge in [0.2, 0.25) is 5.91 Å².